The fraction of sp³-hybridized carbons (Fsp3) is 0.214. The van der Waals surface area contributed by atoms with E-state index in [-0.39, 0.29) is 5.76 Å². The van der Waals surface area contributed by atoms with E-state index in [1.807, 2.05) is 0 Å². The van der Waals surface area contributed by atoms with Gasteiger partial charge in [-0.3, -0.25) is 4.79 Å². The van der Waals surface area contributed by atoms with Crippen LogP contribution < -0.4 is 5.32 Å². The quantitative estimate of drug-likeness (QED) is 0.860. The van der Waals surface area contributed by atoms with Gasteiger partial charge in [-0.05, 0) is 32.0 Å². The number of nitrogens with zero attached hydrogens (tertiary/aromatic N) is 1. The molecule has 1 heterocycles. The van der Waals surface area contributed by atoms with Crippen LogP contribution in [0.1, 0.15) is 23.2 Å². The van der Waals surface area contributed by atoms with Crippen molar-refractivity contribution in [3.63, 3.8) is 0 Å². The standard InChI is InChI=1S/C14H12Cl2N2O4/c1-7-5-12(22-18-7)14(20)21-8(2)13(19)17-11-6-9(15)3-4-10(11)16/h3-6,8H,1-2H3,(H,17,19)/t8-/m1/s1. The Morgan fingerprint density at radius 1 is 1.32 bits per heavy atom. The number of amides is 1. The van der Waals surface area contributed by atoms with Crippen LogP contribution in [-0.2, 0) is 9.53 Å². The number of hydrogen-bond donors (Lipinski definition) is 1. The predicted molar refractivity (Wildman–Crippen MR) is 81.2 cm³/mol. The van der Waals surface area contributed by atoms with Crippen molar-refractivity contribution >= 4 is 40.8 Å². The van der Waals surface area contributed by atoms with Gasteiger partial charge in [-0.15, -0.1) is 0 Å². The van der Waals surface area contributed by atoms with Gasteiger partial charge in [-0.1, -0.05) is 28.4 Å². The lowest BCUT2D eigenvalue weighted by Gasteiger charge is -2.13. The van der Waals surface area contributed by atoms with Crippen molar-refractivity contribution in [2.75, 3.05) is 5.32 Å². The van der Waals surface area contributed by atoms with Crippen LogP contribution in [0.5, 0.6) is 0 Å². The minimum Gasteiger partial charge on any atom is -0.447 e. The summed E-state index contributed by atoms with van der Waals surface area (Å²) in [6.07, 6.45) is -1.05. The zero-order valence-electron chi connectivity index (χ0n) is 11.7. The molecule has 0 radical (unpaired) electrons. The minimum absolute atomic E-state index is 0.0714. The summed E-state index contributed by atoms with van der Waals surface area (Å²) < 4.78 is 9.76. The molecule has 0 spiro atoms. The third kappa shape index (κ3) is 3.99. The normalized spacial score (nSPS) is 11.8. The number of benzene rings is 1. The molecular weight excluding hydrogens is 331 g/mol. The monoisotopic (exact) mass is 342 g/mol. The first kappa shape index (κ1) is 16.3. The van der Waals surface area contributed by atoms with Crippen LogP contribution in [0.2, 0.25) is 10.0 Å². The van der Waals surface area contributed by atoms with Crippen molar-refractivity contribution in [3.8, 4) is 0 Å². The summed E-state index contributed by atoms with van der Waals surface area (Å²) in [6.45, 7) is 3.09. The first-order chi connectivity index (χ1) is 10.4. The van der Waals surface area contributed by atoms with Gasteiger partial charge in [0.25, 0.3) is 5.91 Å². The second-order valence-corrected chi connectivity index (χ2v) is 5.34. The number of halogens is 2. The highest BCUT2D eigenvalue weighted by atomic mass is 35.5. The fourth-order valence-electron chi connectivity index (χ4n) is 1.56. The lowest BCUT2D eigenvalue weighted by molar-refractivity contribution is -0.123. The van der Waals surface area contributed by atoms with Gasteiger partial charge in [0.05, 0.1) is 16.4 Å². The predicted octanol–water partition coefficient (Wildman–Crippen LogP) is 3.47. The SMILES string of the molecule is Cc1cc(C(=O)O[C@H](C)C(=O)Nc2cc(Cl)ccc2Cl)on1. The molecule has 0 aliphatic heterocycles. The fourth-order valence-corrected chi connectivity index (χ4v) is 1.90. The highest BCUT2D eigenvalue weighted by Crippen LogP contribution is 2.25. The Kier molecular flexibility index (Phi) is 5.05. The third-order valence-corrected chi connectivity index (χ3v) is 3.23. The molecule has 22 heavy (non-hydrogen) atoms. The second-order valence-electron chi connectivity index (χ2n) is 4.49. The number of hydrogen-bond acceptors (Lipinski definition) is 5. The zero-order valence-corrected chi connectivity index (χ0v) is 13.2. The first-order valence-corrected chi connectivity index (χ1v) is 7.02. The maximum atomic E-state index is 12.0. The molecule has 0 fully saturated rings. The second kappa shape index (κ2) is 6.81. The van der Waals surface area contributed by atoms with Crippen LogP contribution in [0, 0.1) is 6.92 Å². The van der Waals surface area contributed by atoms with Crippen LogP contribution in [0.15, 0.2) is 28.8 Å². The molecule has 6 nitrogen and oxygen atoms in total. The highest BCUT2D eigenvalue weighted by molar-refractivity contribution is 6.35. The van der Waals surface area contributed by atoms with Crippen molar-refractivity contribution in [1.29, 1.82) is 0 Å². The number of ether oxygens (including phenoxy) is 1. The van der Waals surface area contributed by atoms with Crippen LogP contribution in [-0.4, -0.2) is 23.1 Å². The van der Waals surface area contributed by atoms with E-state index in [0.29, 0.717) is 21.4 Å². The molecule has 1 aromatic heterocycles. The summed E-state index contributed by atoms with van der Waals surface area (Å²) in [5.41, 5.74) is 0.868. The molecule has 1 N–H and O–H groups in total. The molecule has 1 atom stereocenters. The summed E-state index contributed by atoms with van der Waals surface area (Å²) in [5.74, 6) is -1.40. The number of anilines is 1. The molecule has 0 unspecified atom stereocenters. The van der Waals surface area contributed by atoms with E-state index in [1.165, 1.54) is 19.1 Å². The Balaban J connectivity index is 2.00. The van der Waals surface area contributed by atoms with Crippen LogP contribution >= 0.6 is 23.2 Å². The van der Waals surface area contributed by atoms with Gasteiger partial charge in [0, 0.05) is 11.1 Å². The Labute approximate surface area is 136 Å². The van der Waals surface area contributed by atoms with Crippen molar-refractivity contribution in [1.82, 2.24) is 5.16 Å². The summed E-state index contributed by atoms with van der Waals surface area (Å²) >= 11 is 11.8. The van der Waals surface area contributed by atoms with Gasteiger partial charge in [-0.25, -0.2) is 4.79 Å². The van der Waals surface area contributed by atoms with Crippen LogP contribution in [0.25, 0.3) is 0 Å². The molecule has 1 amide bonds. The number of aromatic nitrogens is 1. The third-order valence-electron chi connectivity index (χ3n) is 2.67. The number of nitrogens with one attached hydrogen (secondary N) is 1. The van der Waals surface area contributed by atoms with E-state index in [4.69, 9.17) is 32.5 Å². The van der Waals surface area contributed by atoms with E-state index < -0.39 is 18.0 Å². The molecule has 1 aromatic carbocycles. The topological polar surface area (TPSA) is 81.4 Å². The van der Waals surface area contributed by atoms with Gasteiger partial charge in [-0.2, -0.15) is 0 Å². The maximum absolute atomic E-state index is 12.0. The van der Waals surface area contributed by atoms with Gasteiger partial charge < -0.3 is 14.6 Å². The summed E-state index contributed by atoms with van der Waals surface area (Å²) in [5, 5.41) is 6.84. The van der Waals surface area contributed by atoms with Gasteiger partial charge >= 0.3 is 5.97 Å². The number of rotatable bonds is 4. The average molecular weight is 343 g/mol. The zero-order chi connectivity index (χ0) is 16.3. The Morgan fingerprint density at radius 3 is 2.68 bits per heavy atom. The average Bonchev–Trinajstić information content (AvgIpc) is 2.89. The first-order valence-electron chi connectivity index (χ1n) is 6.27. The smallest absolute Gasteiger partial charge is 0.377 e. The Morgan fingerprint density at radius 2 is 2.05 bits per heavy atom. The Hall–Kier alpha value is -2.05. The van der Waals surface area contributed by atoms with E-state index >= 15 is 0 Å². The summed E-state index contributed by atoms with van der Waals surface area (Å²) in [7, 11) is 0. The summed E-state index contributed by atoms with van der Waals surface area (Å²) in [6, 6.07) is 6.06. The van der Waals surface area contributed by atoms with Gasteiger partial charge in [0.1, 0.15) is 0 Å². The molecule has 0 aliphatic rings. The molecule has 2 rings (SSSR count). The van der Waals surface area contributed by atoms with E-state index in [9.17, 15) is 9.59 Å². The van der Waals surface area contributed by atoms with Crippen LogP contribution in [0.4, 0.5) is 5.69 Å². The van der Waals surface area contributed by atoms with Crippen molar-refractivity contribution in [2.45, 2.75) is 20.0 Å². The Bertz CT molecular complexity index is 715. The molecule has 0 saturated carbocycles. The summed E-state index contributed by atoms with van der Waals surface area (Å²) in [4.78, 5) is 23.8. The lowest BCUT2D eigenvalue weighted by Crippen LogP contribution is -2.30. The van der Waals surface area contributed by atoms with Gasteiger partial charge in [0.2, 0.25) is 5.76 Å². The number of aryl methyl sites for hydroxylation is 1. The van der Waals surface area contributed by atoms with E-state index in [0.717, 1.165) is 0 Å². The van der Waals surface area contributed by atoms with E-state index in [2.05, 4.69) is 10.5 Å². The molecule has 0 saturated heterocycles. The molecule has 2 aromatic rings. The lowest BCUT2D eigenvalue weighted by atomic mass is 10.3. The molecule has 116 valence electrons. The molecular formula is C14H12Cl2N2O4. The minimum atomic E-state index is -1.05. The molecule has 8 heteroatoms. The van der Waals surface area contributed by atoms with Crippen molar-refractivity contribution < 1.29 is 18.8 Å². The molecule has 0 aliphatic carbocycles. The number of carbonyl (C=O) groups is 2. The highest BCUT2D eigenvalue weighted by Gasteiger charge is 2.22. The maximum Gasteiger partial charge on any atom is 0.377 e. The van der Waals surface area contributed by atoms with Crippen LogP contribution in [0.3, 0.4) is 0 Å². The van der Waals surface area contributed by atoms with Gasteiger partial charge in [0.15, 0.2) is 6.10 Å². The van der Waals surface area contributed by atoms with Crippen molar-refractivity contribution in [3.05, 3.63) is 45.8 Å². The largest absolute Gasteiger partial charge is 0.447 e. The number of carbonyl (C=O) groups excluding carboxylic acids is 2. The van der Waals surface area contributed by atoms with Crippen molar-refractivity contribution in [2.24, 2.45) is 0 Å². The van der Waals surface area contributed by atoms with E-state index in [1.54, 1.807) is 19.1 Å². The number of esters is 1. The molecule has 0 bridgehead atoms.